The molecular weight excluding hydrogens is 366 g/mol. The molecule has 2 aromatic rings. The summed E-state index contributed by atoms with van der Waals surface area (Å²) < 4.78 is 26.6. The van der Waals surface area contributed by atoms with Crippen molar-refractivity contribution < 1.29 is 13.5 Å². The average molecular weight is 377 g/mol. The van der Waals surface area contributed by atoms with E-state index in [9.17, 15) is 13.5 Å². The van der Waals surface area contributed by atoms with Gasteiger partial charge < -0.3 is 5.11 Å². The van der Waals surface area contributed by atoms with Gasteiger partial charge in [0.1, 0.15) is 5.75 Å². The van der Waals surface area contributed by atoms with Crippen molar-refractivity contribution in [3.8, 4) is 5.75 Å². The largest absolute Gasteiger partial charge is 0.508 e. The van der Waals surface area contributed by atoms with Gasteiger partial charge in [0.25, 0.3) is 10.0 Å². The maximum Gasteiger partial charge on any atom is 0.264 e. The summed E-state index contributed by atoms with van der Waals surface area (Å²) in [6.07, 6.45) is 0. The topological polar surface area (TPSA) is 57.6 Å². The minimum absolute atomic E-state index is 0.00170. The van der Waals surface area contributed by atoms with Gasteiger partial charge in [-0.25, -0.2) is 8.42 Å². The Labute approximate surface area is 130 Å². The molecule has 1 N–H and O–H groups in total. The molecule has 0 saturated carbocycles. The van der Waals surface area contributed by atoms with Crippen LogP contribution in [0.5, 0.6) is 5.75 Å². The molecule has 0 amide bonds. The third-order valence-corrected chi connectivity index (χ3v) is 5.74. The summed E-state index contributed by atoms with van der Waals surface area (Å²) in [5.74, 6) is 0.00170. The van der Waals surface area contributed by atoms with Crippen molar-refractivity contribution >= 4 is 43.2 Å². The van der Waals surface area contributed by atoms with E-state index in [0.29, 0.717) is 15.2 Å². The van der Waals surface area contributed by atoms with E-state index in [-0.39, 0.29) is 10.6 Å². The first-order valence-electron chi connectivity index (χ1n) is 5.55. The molecule has 0 aromatic heterocycles. The second-order valence-electron chi connectivity index (χ2n) is 4.07. The van der Waals surface area contributed by atoms with Crippen LogP contribution in [0.3, 0.4) is 0 Å². The lowest BCUT2D eigenvalue weighted by molar-refractivity contribution is 0.475. The molecule has 0 unspecified atom stereocenters. The summed E-state index contributed by atoms with van der Waals surface area (Å²) in [7, 11) is -2.29. The Morgan fingerprint density at radius 1 is 1.20 bits per heavy atom. The number of hydrogen-bond acceptors (Lipinski definition) is 3. The van der Waals surface area contributed by atoms with Gasteiger partial charge in [0.05, 0.1) is 15.6 Å². The van der Waals surface area contributed by atoms with E-state index in [2.05, 4.69) is 15.9 Å². The molecule has 2 rings (SSSR count). The number of phenolic OH excluding ortho intramolecular Hbond substituents is 1. The smallest absolute Gasteiger partial charge is 0.264 e. The summed E-state index contributed by atoms with van der Waals surface area (Å²) in [6, 6.07) is 10.4. The van der Waals surface area contributed by atoms with E-state index in [1.807, 2.05) is 0 Å². The first-order valence-corrected chi connectivity index (χ1v) is 8.16. The van der Waals surface area contributed by atoms with Crippen LogP contribution < -0.4 is 4.31 Å². The molecule has 0 fully saturated rings. The summed E-state index contributed by atoms with van der Waals surface area (Å²) in [5, 5.41) is 9.87. The van der Waals surface area contributed by atoms with Crippen molar-refractivity contribution in [1.29, 1.82) is 0 Å². The van der Waals surface area contributed by atoms with Crippen LogP contribution in [0.15, 0.2) is 51.8 Å². The molecule has 0 aliphatic carbocycles. The van der Waals surface area contributed by atoms with Crippen LogP contribution in [0.1, 0.15) is 0 Å². The monoisotopic (exact) mass is 375 g/mol. The second kappa shape index (κ2) is 5.63. The van der Waals surface area contributed by atoms with Gasteiger partial charge >= 0.3 is 0 Å². The Bertz CT molecular complexity index is 749. The van der Waals surface area contributed by atoms with Crippen LogP contribution in [0, 0.1) is 0 Å². The molecule has 0 aliphatic heterocycles. The van der Waals surface area contributed by atoms with E-state index >= 15 is 0 Å². The maximum absolute atomic E-state index is 12.5. The van der Waals surface area contributed by atoms with Crippen LogP contribution in [-0.4, -0.2) is 20.6 Å². The molecule has 0 bridgehead atoms. The highest BCUT2D eigenvalue weighted by molar-refractivity contribution is 9.10. The number of hydrogen-bond donors (Lipinski definition) is 1. The SMILES string of the molecule is CN(c1cccc(O)c1)S(=O)(=O)c1ccc(Cl)c(Br)c1. The van der Waals surface area contributed by atoms with E-state index in [0.717, 1.165) is 4.31 Å². The van der Waals surface area contributed by atoms with Gasteiger partial charge in [0.15, 0.2) is 0 Å². The Balaban J connectivity index is 2.46. The molecule has 106 valence electrons. The first kappa shape index (κ1) is 15.2. The molecule has 0 radical (unpaired) electrons. The highest BCUT2D eigenvalue weighted by atomic mass is 79.9. The number of aromatic hydroxyl groups is 1. The lowest BCUT2D eigenvalue weighted by Crippen LogP contribution is -2.26. The van der Waals surface area contributed by atoms with Crippen molar-refractivity contribution in [1.82, 2.24) is 0 Å². The van der Waals surface area contributed by atoms with Crippen molar-refractivity contribution in [2.24, 2.45) is 0 Å². The minimum Gasteiger partial charge on any atom is -0.508 e. The number of halogens is 2. The van der Waals surface area contributed by atoms with E-state index in [4.69, 9.17) is 11.6 Å². The maximum atomic E-state index is 12.5. The Hall–Kier alpha value is -1.24. The summed E-state index contributed by atoms with van der Waals surface area (Å²) in [5.41, 5.74) is 0.371. The fraction of sp³-hybridized carbons (Fsp3) is 0.0769. The van der Waals surface area contributed by atoms with Crippen molar-refractivity contribution in [3.05, 3.63) is 52.0 Å². The van der Waals surface area contributed by atoms with Gasteiger partial charge in [-0.2, -0.15) is 0 Å². The number of phenols is 1. The third-order valence-electron chi connectivity index (χ3n) is 2.74. The predicted molar refractivity (Wildman–Crippen MR) is 82.8 cm³/mol. The highest BCUT2D eigenvalue weighted by Crippen LogP contribution is 2.29. The van der Waals surface area contributed by atoms with E-state index in [1.165, 1.54) is 37.4 Å². The van der Waals surface area contributed by atoms with Crippen LogP contribution in [-0.2, 0) is 10.0 Å². The number of anilines is 1. The number of benzene rings is 2. The van der Waals surface area contributed by atoms with Crippen LogP contribution in [0.25, 0.3) is 0 Å². The lowest BCUT2D eigenvalue weighted by Gasteiger charge is -2.19. The van der Waals surface area contributed by atoms with Crippen molar-refractivity contribution in [2.45, 2.75) is 4.90 Å². The van der Waals surface area contributed by atoms with E-state index < -0.39 is 10.0 Å². The van der Waals surface area contributed by atoms with Crippen LogP contribution in [0.4, 0.5) is 5.69 Å². The van der Waals surface area contributed by atoms with Crippen LogP contribution in [0.2, 0.25) is 5.02 Å². The summed E-state index contributed by atoms with van der Waals surface area (Å²) in [4.78, 5) is 0.111. The molecule has 0 heterocycles. The molecule has 0 aliphatic rings. The Morgan fingerprint density at radius 3 is 2.50 bits per heavy atom. The molecule has 7 heteroatoms. The zero-order chi connectivity index (χ0) is 14.9. The fourth-order valence-corrected chi connectivity index (χ4v) is 3.49. The molecule has 0 saturated heterocycles. The Kier molecular flexibility index (Phi) is 4.27. The van der Waals surface area contributed by atoms with Gasteiger partial charge in [-0.05, 0) is 46.3 Å². The summed E-state index contributed by atoms with van der Waals surface area (Å²) in [6.45, 7) is 0. The third kappa shape index (κ3) is 2.92. The van der Waals surface area contributed by atoms with Crippen molar-refractivity contribution in [2.75, 3.05) is 11.4 Å². The van der Waals surface area contributed by atoms with Gasteiger partial charge in [0.2, 0.25) is 0 Å². The number of rotatable bonds is 3. The average Bonchev–Trinajstić information content (AvgIpc) is 2.40. The van der Waals surface area contributed by atoms with Gasteiger partial charge in [-0.15, -0.1) is 0 Å². The minimum atomic E-state index is -3.71. The quantitative estimate of drug-likeness (QED) is 0.890. The fourth-order valence-electron chi connectivity index (χ4n) is 1.62. The predicted octanol–water partition coefficient (Wildman–Crippen LogP) is 3.63. The zero-order valence-corrected chi connectivity index (χ0v) is 13.6. The zero-order valence-electron chi connectivity index (χ0n) is 10.4. The van der Waals surface area contributed by atoms with Gasteiger partial charge in [0, 0.05) is 17.6 Å². The first-order chi connectivity index (χ1) is 9.32. The van der Waals surface area contributed by atoms with E-state index in [1.54, 1.807) is 12.1 Å². The van der Waals surface area contributed by atoms with Gasteiger partial charge in [-0.1, -0.05) is 17.7 Å². The molecular formula is C13H11BrClNO3S. The second-order valence-corrected chi connectivity index (χ2v) is 7.30. The molecule has 2 aromatic carbocycles. The van der Waals surface area contributed by atoms with Crippen molar-refractivity contribution in [3.63, 3.8) is 0 Å². The molecule has 4 nitrogen and oxygen atoms in total. The number of sulfonamides is 1. The highest BCUT2D eigenvalue weighted by Gasteiger charge is 2.22. The van der Waals surface area contributed by atoms with Gasteiger partial charge in [-0.3, -0.25) is 4.31 Å². The lowest BCUT2D eigenvalue weighted by atomic mass is 10.3. The molecule has 0 spiro atoms. The number of nitrogens with zero attached hydrogens (tertiary/aromatic N) is 1. The summed E-state index contributed by atoms with van der Waals surface area (Å²) >= 11 is 9.06. The van der Waals surface area contributed by atoms with Crippen LogP contribution >= 0.6 is 27.5 Å². The standard InChI is InChI=1S/C13H11BrClNO3S/c1-16(9-3-2-4-10(17)7-9)20(18,19)11-5-6-13(15)12(14)8-11/h2-8,17H,1H3. The molecule has 20 heavy (non-hydrogen) atoms. The molecule has 0 atom stereocenters. The Morgan fingerprint density at radius 2 is 1.90 bits per heavy atom. The normalized spacial score (nSPS) is 11.3.